The van der Waals surface area contributed by atoms with Crippen LogP contribution >= 0.6 is 0 Å². The van der Waals surface area contributed by atoms with Crippen LogP contribution in [0.25, 0.3) is 22.8 Å². The van der Waals surface area contributed by atoms with E-state index in [4.69, 9.17) is 9.68 Å². The summed E-state index contributed by atoms with van der Waals surface area (Å²) < 4.78 is 43.6. The van der Waals surface area contributed by atoms with Crippen molar-refractivity contribution in [2.45, 2.75) is 6.18 Å². The number of aromatic amines is 1. The van der Waals surface area contributed by atoms with Gasteiger partial charge in [-0.15, -0.1) is 5.10 Å². The van der Waals surface area contributed by atoms with Crippen LogP contribution in [0.3, 0.4) is 0 Å². The van der Waals surface area contributed by atoms with Crippen LogP contribution in [0.4, 0.5) is 13.2 Å². The van der Waals surface area contributed by atoms with Gasteiger partial charge in [-0.3, -0.25) is 0 Å². The molecule has 0 amide bonds. The largest absolute Gasteiger partial charge is 0.454 e. The molecule has 0 spiro atoms. The van der Waals surface area contributed by atoms with Gasteiger partial charge in [0.15, 0.2) is 17.1 Å². The lowest BCUT2D eigenvalue weighted by atomic mass is 10.1. The van der Waals surface area contributed by atoms with Crippen LogP contribution in [0.1, 0.15) is 11.3 Å². The zero-order valence-electron chi connectivity index (χ0n) is 10.8. The van der Waals surface area contributed by atoms with Crippen LogP contribution in [-0.2, 0) is 6.18 Å². The van der Waals surface area contributed by atoms with Gasteiger partial charge in [0, 0.05) is 5.56 Å². The minimum absolute atomic E-state index is 0.0462. The number of rotatable bonds is 2. The zero-order chi connectivity index (χ0) is 15.7. The Balaban J connectivity index is 2.00. The Bertz CT molecular complexity index is 857. The molecule has 3 aromatic rings. The van der Waals surface area contributed by atoms with E-state index in [2.05, 4.69) is 15.4 Å². The minimum Gasteiger partial charge on any atom is -0.454 e. The van der Waals surface area contributed by atoms with Gasteiger partial charge in [0.2, 0.25) is 0 Å². The van der Waals surface area contributed by atoms with Crippen molar-refractivity contribution in [3.8, 4) is 28.8 Å². The molecule has 1 aromatic carbocycles. The van der Waals surface area contributed by atoms with Gasteiger partial charge < -0.3 is 4.42 Å². The van der Waals surface area contributed by atoms with E-state index in [1.165, 1.54) is 24.3 Å². The van der Waals surface area contributed by atoms with Crippen LogP contribution in [0.15, 0.2) is 40.8 Å². The highest BCUT2D eigenvalue weighted by atomic mass is 19.4. The number of hydrogen-bond donors (Lipinski definition) is 1. The van der Waals surface area contributed by atoms with Gasteiger partial charge in [0.05, 0.1) is 5.56 Å². The summed E-state index contributed by atoms with van der Waals surface area (Å²) >= 11 is 0. The van der Waals surface area contributed by atoms with Gasteiger partial charge in [-0.2, -0.15) is 28.7 Å². The molecular formula is C14H7F3N4O. The molecule has 2 heterocycles. The number of furan rings is 1. The summed E-state index contributed by atoms with van der Waals surface area (Å²) in [7, 11) is 0. The van der Waals surface area contributed by atoms with Crippen molar-refractivity contribution < 1.29 is 17.6 Å². The van der Waals surface area contributed by atoms with Crippen LogP contribution in [-0.4, -0.2) is 15.4 Å². The Morgan fingerprint density at radius 3 is 2.59 bits per heavy atom. The molecule has 1 N–H and O–H groups in total. The van der Waals surface area contributed by atoms with Crippen molar-refractivity contribution in [2.75, 3.05) is 0 Å². The van der Waals surface area contributed by atoms with Gasteiger partial charge in [-0.25, -0.2) is 0 Å². The second-order valence-corrected chi connectivity index (χ2v) is 4.38. The van der Waals surface area contributed by atoms with E-state index in [1.54, 1.807) is 0 Å². The first kappa shape index (κ1) is 13.9. The van der Waals surface area contributed by atoms with Crippen LogP contribution < -0.4 is 0 Å². The molecule has 3 rings (SSSR count). The van der Waals surface area contributed by atoms with Crippen molar-refractivity contribution >= 4 is 0 Å². The Labute approximate surface area is 122 Å². The first-order valence-corrected chi connectivity index (χ1v) is 6.08. The van der Waals surface area contributed by atoms with Crippen LogP contribution in [0.2, 0.25) is 0 Å². The summed E-state index contributed by atoms with van der Waals surface area (Å²) in [6, 6.07) is 9.67. The summed E-state index contributed by atoms with van der Waals surface area (Å²) in [5, 5.41) is 18.6. The number of hydrogen-bond acceptors (Lipinski definition) is 4. The number of nitriles is 1. The maximum atomic E-state index is 12.7. The third-order valence-electron chi connectivity index (χ3n) is 2.97. The molecule has 0 radical (unpaired) electrons. The molecule has 0 saturated carbocycles. The molecule has 8 heteroatoms. The number of H-pyrrole nitrogens is 1. The zero-order valence-corrected chi connectivity index (χ0v) is 10.8. The van der Waals surface area contributed by atoms with Crippen molar-refractivity contribution in [2.24, 2.45) is 0 Å². The number of nitrogens with one attached hydrogen (secondary N) is 1. The van der Waals surface area contributed by atoms with E-state index in [1.807, 2.05) is 6.07 Å². The van der Waals surface area contributed by atoms with Crippen molar-refractivity contribution in [3.63, 3.8) is 0 Å². The molecule has 0 saturated heterocycles. The van der Waals surface area contributed by atoms with Gasteiger partial charge >= 0.3 is 6.18 Å². The standard InChI is InChI=1S/C14H7F3N4O/c15-14(16,17)9-3-1-2-8(6-9)11-4-5-12(22-11)13-10(7-18)19-21-20-13/h1-6H,(H,19,20,21). The topological polar surface area (TPSA) is 78.5 Å². The molecule has 0 fully saturated rings. The Morgan fingerprint density at radius 2 is 1.86 bits per heavy atom. The fraction of sp³-hybridized carbons (Fsp3) is 0.0714. The minimum atomic E-state index is -4.43. The van der Waals surface area contributed by atoms with Crippen molar-refractivity contribution in [3.05, 3.63) is 47.7 Å². The van der Waals surface area contributed by atoms with Crippen molar-refractivity contribution in [1.29, 1.82) is 5.26 Å². The monoisotopic (exact) mass is 304 g/mol. The molecule has 2 aromatic heterocycles. The van der Waals surface area contributed by atoms with E-state index in [0.29, 0.717) is 0 Å². The van der Waals surface area contributed by atoms with Gasteiger partial charge in [0.1, 0.15) is 11.8 Å². The third-order valence-corrected chi connectivity index (χ3v) is 2.97. The smallest absolute Gasteiger partial charge is 0.416 e. The molecule has 0 bridgehead atoms. The molecule has 5 nitrogen and oxygen atoms in total. The number of halogens is 3. The fourth-order valence-electron chi connectivity index (χ4n) is 1.95. The second kappa shape index (κ2) is 5.04. The van der Waals surface area contributed by atoms with Crippen LogP contribution in [0.5, 0.6) is 0 Å². The third kappa shape index (κ3) is 2.44. The van der Waals surface area contributed by atoms with E-state index >= 15 is 0 Å². The van der Waals surface area contributed by atoms with Crippen molar-refractivity contribution in [1.82, 2.24) is 15.4 Å². The van der Waals surface area contributed by atoms with E-state index in [0.717, 1.165) is 12.1 Å². The normalized spacial score (nSPS) is 11.4. The van der Waals surface area contributed by atoms with E-state index in [-0.39, 0.29) is 28.5 Å². The predicted octanol–water partition coefficient (Wildman–Crippen LogP) is 3.62. The highest BCUT2D eigenvalue weighted by molar-refractivity contribution is 5.65. The van der Waals surface area contributed by atoms with Crippen LogP contribution in [0, 0.1) is 11.3 Å². The highest BCUT2D eigenvalue weighted by Crippen LogP contribution is 2.34. The SMILES string of the molecule is N#Cc1n[nH]nc1-c1ccc(-c2cccc(C(F)(F)F)c2)o1. The molecule has 0 aliphatic carbocycles. The lowest BCUT2D eigenvalue weighted by molar-refractivity contribution is -0.137. The molecular weight excluding hydrogens is 297 g/mol. The molecule has 0 atom stereocenters. The van der Waals surface area contributed by atoms with Gasteiger partial charge in [0.25, 0.3) is 0 Å². The summed E-state index contributed by atoms with van der Waals surface area (Å²) in [6.07, 6.45) is -4.43. The summed E-state index contributed by atoms with van der Waals surface area (Å²) in [5.41, 5.74) is -0.226. The fourth-order valence-corrected chi connectivity index (χ4v) is 1.95. The summed E-state index contributed by atoms with van der Waals surface area (Å²) in [6.45, 7) is 0. The molecule has 0 aliphatic rings. The molecule has 0 unspecified atom stereocenters. The first-order chi connectivity index (χ1) is 10.5. The summed E-state index contributed by atoms with van der Waals surface area (Å²) in [4.78, 5) is 0. The van der Waals surface area contributed by atoms with Gasteiger partial charge in [-0.05, 0) is 24.3 Å². The average molecular weight is 304 g/mol. The first-order valence-electron chi connectivity index (χ1n) is 6.08. The lowest BCUT2D eigenvalue weighted by Crippen LogP contribution is -2.04. The summed E-state index contributed by atoms with van der Waals surface area (Å²) in [5.74, 6) is 0.491. The Hall–Kier alpha value is -3.08. The molecule has 110 valence electrons. The lowest BCUT2D eigenvalue weighted by Gasteiger charge is -2.07. The molecule has 0 aliphatic heterocycles. The maximum Gasteiger partial charge on any atom is 0.416 e. The number of nitrogens with zero attached hydrogens (tertiary/aromatic N) is 3. The van der Waals surface area contributed by atoms with Gasteiger partial charge in [-0.1, -0.05) is 12.1 Å². The number of benzene rings is 1. The van der Waals surface area contributed by atoms with E-state index in [9.17, 15) is 13.2 Å². The Kier molecular flexibility index (Phi) is 3.18. The molecule has 22 heavy (non-hydrogen) atoms. The quantitative estimate of drug-likeness (QED) is 0.784. The highest BCUT2D eigenvalue weighted by Gasteiger charge is 2.30. The maximum absolute atomic E-state index is 12.7. The number of aromatic nitrogens is 3. The second-order valence-electron chi connectivity index (χ2n) is 4.38. The predicted molar refractivity (Wildman–Crippen MR) is 69.2 cm³/mol. The van der Waals surface area contributed by atoms with E-state index < -0.39 is 11.7 Å². The Morgan fingerprint density at radius 1 is 1.09 bits per heavy atom. The average Bonchev–Trinajstić information content (AvgIpc) is 3.15. The number of alkyl halides is 3.